The van der Waals surface area contributed by atoms with Crippen LogP contribution in [0.2, 0.25) is 0 Å². The monoisotopic (exact) mass is 389 g/mol. The van der Waals surface area contributed by atoms with Crippen LogP contribution in [0.3, 0.4) is 0 Å². The van der Waals surface area contributed by atoms with Gasteiger partial charge in [0.2, 0.25) is 0 Å². The van der Waals surface area contributed by atoms with Crippen LogP contribution < -0.4 is 14.8 Å². The summed E-state index contributed by atoms with van der Waals surface area (Å²) < 4.78 is 10.2. The molecule has 0 aromatic heterocycles. The molecule has 0 aliphatic heterocycles. The zero-order valence-corrected chi connectivity index (χ0v) is 15.6. The Bertz CT molecular complexity index is 928. The van der Waals surface area contributed by atoms with Crippen molar-refractivity contribution in [2.24, 2.45) is 0 Å². The maximum absolute atomic E-state index is 12.3. The van der Waals surface area contributed by atoms with E-state index in [4.69, 9.17) is 9.47 Å². The van der Waals surface area contributed by atoms with Gasteiger partial charge in [-0.2, -0.15) is 0 Å². The van der Waals surface area contributed by atoms with Gasteiger partial charge < -0.3 is 14.8 Å². The fourth-order valence-corrected chi connectivity index (χ4v) is 2.64. The number of rotatable bonds is 8. The number of benzene rings is 2. The molecule has 1 amide bonds. The van der Waals surface area contributed by atoms with Gasteiger partial charge >= 0.3 is 0 Å². The van der Waals surface area contributed by atoms with E-state index in [1.807, 2.05) is 0 Å². The minimum absolute atomic E-state index is 0.0941. The first-order valence-corrected chi connectivity index (χ1v) is 8.21. The zero-order valence-electron chi connectivity index (χ0n) is 15.6. The van der Waals surface area contributed by atoms with Crippen LogP contribution in [0.25, 0.3) is 0 Å². The van der Waals surface area contributed by atoms with Crippen molar-refractivity contribution in [1.29, 1.82) is 0 Å². The first kappa shape index (κ1) is 20.6. The van der Waals surface area contributed by atoms with Crippen LogP contribution in [-0.4, -0.2) is 36.5 Å². The lowest BCUT2D eigenvalue weighted by Gasteiger charge is -2.11. The Morgan fingerprint density at radius 3 is 2.18 bits per heavy atom. The van der Waals surface area contributed by atoms with E-state index in [9.17, 15) is 25.0 Å². The molecular formula is C18H19N3O7. The average molecular weight is 389 g/mol. The van der Waals surface area contributed by atoms with Crippen molar-refractivity contribution in [3.63, 3.8) is 0 Å². The van der Waals surface area contributed by atoms with Crippen molar-refractivity contribution in [2.45, 2.75) is 13.3 Å². The average Bonchev–Trinajstić information content (AvgIpc) is 2.67. The first-order chi connectivity index (χ1) is 13.3. The molecule has 0 bridgehead atoms. The SMILES string of the molecule is COc1cc(CCNC(=O)c2ccc(C)c([N+](=O)[O-])c2)c([N+](=O)[O-])cc1OC. The van der Waals surface area contributed by atoms with E-state index >= 15 is 0 Å². The molecule has 0 spiro atoms. The van der Waals surface area contributed by atoms with Gasteiger partial charge in [-0.1, -0.05) is 6.07 Å². The maximum Gasteiger partial charge on any atom is 0.276 e. The van der Waals surface area contributed by atoms with Crippen molar-refractivity contribution in [3.05, 3.63) is 67.3 Å². The molecule has 0 aliphatic carbocycles. The predicted molar refractivity (Wildman–Crippen MR) is 100 cm³/mol. The van der Waals surface area contributed by atoms with Crippen LogP contribution >= 0.6 is 0 Å². The highest BCUT2D eigenvalue weighted by atomic mass is 16.6. The second-order valence-electron chi connectivity index (χ2n) is 5.86. The number of carbonyl (C=O) groups excluding carboxylic acids is 1. The van der Waals surface area contributed by atoms with Crippen LogP contribution in [0.15, 0.2) is 30.3 Å². The smallest absolute Gasteiger partial charge is 0.276 e. The lowest BCUT2D eigenvalue weighted by Crippen LogP contribution is -2.26. The summed E-state index contributed by atoms with van der Waals surface area (Å²) in [6, 6.07) is 6.92. The predicted octanol–water partition coefficient (Wildman–Crippen LogP) is 2.80. The van der Waals surface area contributed by atoms with E-state index in [1.165, 1.54) is 44.6 Å². The molecule has 2 aromatic rings. The molecule has 0 radical (unpaired) electrons. The van der Waals surface area contributed by atoms with E-state index in [2.05, 4.69) is 5.32 Å². The van der Waals surface area contributed by atoms with Gasteiger partial charge in [0.25, 0.3) is 17.3 Å². The molecule has 2 aromatic carbocycles. The summed E-state index contributed by atoms with van der Waals surface area (Å²) in [5.41, 5.74) is 0.639. The number of ether oxygens (including phenoxy) is 2. The number of hydrogen-bond donors (Lipinski definition) is 1. The number of nitrogens with zero attached hydrogens (tertiary/aromatic N) is 2. The molecule has 0 saturated heterocycles. The highest BCUT2D eigenvalue weighted by Gasteiger charge is 2.20. The molecule has 1 N–H and O–H groups in total. The number of nitro groups is 2. The van der Waals surface area contributed by atoms with Gasteiger partial charge in [0.05, 0.1) is 30.1 Å². The fraction of sp³-hybridized carbons (Fsp3) is 0.278. The molecule has 0 saturated carbocycles. The number of nitrogens with one attached hydrogen (secondary N) is 1. The summed E-state index contributed by atoms with van der Waals surface area (Å²) in [5.74, 6) is 0.0590. The van der Waals surface area contributed by atoms with E-state index in [1.54, 1.807) is 6.92 Å². The van der Waals surface area contributed by atoms with Gasteiger partial charge in [-0.05, 0) is 25.5 Å². The topological polar surface area (TPSA) is 134 Å². The maximum atomic E-state index is 12.3. The Morgan fingerprint density at radius 2 is 1.61 bits per heavy atom. The number of aryl methyl sites for hydroxylation is 1. The summed E-state index contributed by atoms with van der Waals surface area (Å²) in [4.78, 5) is 33.5. The highest BCUT2D eigenvalue weighted by molar-refractivity contribution is 5.95. The molecule has 0 fully saturated rings. The third kappa shape index (κ3) is 4.53. The molecule has 0 aliphatic rings. The number of amides is 1. The highest BCUT2D eigenvalue weighted by Crippen LogP contribution is 2.34. The molecule has 10 heteroatoms. The molecule has 0 unspecified atom stereocenters. The van der Waals surface area contributed by atoms with E-state index in [0.717, 1.165) is 0 Å². The van der Waals surface area contributed by atoms with Gasteiger partial charge in [-0.3, -0.25) is 25.0 Å². The van der Waals surface area contributed by atoms with Crippen LogP contribution in [0, 0.1) is 27.2 Å². The van der Waals surface area contributed by atoms with Gasteiger partial charge in [-0.15, -0.1) is 0 Å². The van der Waals surface area contributed by atoms with Crippen LogP contribution in [0.4, 0.5) is 11.4 Å². The second kappa shape index (κ2) is 8.80. The van der Waals surface area contributed by atoms with E-state index in [0.29, 0.717) is 16.9 Å². The molecular weight excluding hydrogens is 370 g/mol. The third-order valence-electron chi connectivity index (χ3n) is 4.13. The van der Waals surface area contributed by atoms with Crippen molar-refractivity contribution < 1.29 is 24.1 Å². The fourth-order valence-electron chi connectivity index (χ4n) is 2.64. The molecule has 0 heterocycles. The first-order valence-electron chi connectivity index (χ1n) is 8.21. The molecule has 0 atom stereocenters. The number of hydrogen-bond acceptors (Lipinski definition) is 7. The summed E-state index contributed by atoms with van der Waals surface area (Å²) in [5, 5.41) is 24.9. The van der Waals surface area contributed by atoms with Gasteiger partial charge in [0.15, 0.2) is 11.5 Å². The summed E-state index contributed by atoms with van der Waals surface area (Å²) >= 11 is 0. The Balaban J connectivity index is 2.14. The van der Waals surface area contributed by atoms with E-state index < -0.39 is 15.8 Å². The van der Waals surface area contributed by atoms with Crippen LogP contribution in [0.5, 0.6) is 11.5 Å². The molecule has 2 rings (SSSR count). The Morgan fingerprint density at radius 1 is 1.00 bits per heavy atom. The van der Waals surface area contributed by atoms with Gasteiger partial charge in [0.1, 0.15) is 0 Å². The van der Waals surface area contributed by atoms with Crippen molar-refractivity contribution >= 4 is 17.3 Å². The largest absolute Gasteiger partial charge is 0.493 e. The minimum Gasteiger partial charge on any atom is -0.493 e. The lowest BCUT2D eigenvalue weighted by molar-refractivity contribution is -0.385. The minimum atomic E-state index is -0.556. The van der Waals surface area contributed by atoms with Gasteiger partial charge in [0, 0.05) is 29.3 Å². The van der Waals surface area contributed by atoms with Gasteiger partial charge in [-0.25, -0.2) is 0 Å². The summed E-state index contributed by atoms with van der Waals surface area (Å²) in [6.07, 6.45) is 0.163. The lowest BCUT2D eigenvalue weighted by atomic mass is 10.1. The number of methoxy groups -OCH3 is 2. The second-order valence-corrected chi connectivity index (χ2v) is 5.86. The van der Waals surface area contributed by atoms with Crippen molar-refractivity contribution in [3.8, 4) is 11.5 Å². The summed E-state index contributed by atoms with van der Waals surface area (Å²) in [6.45, 7) is 1.67. The third-order valence-corrected chi connectivity index (χ3v) is 4.13. The number of carbonyl (C=O) groups is 1. The van der Waals surface area contributed by atoms with Crippen LogP contribution in [-0.2, 0) is 6.42 Å². The Kier molecular flexibility index (Phi) is 6.48. The summed E-state index contributed by atoms with van der Waals surface area (Å²) in [7, 11) is 2.79. The Hall–Kier alpha value is -3.69. The van der Waals surface area contributed by atoms with Crippen molar-refractivity contribution in [2.75, 3.05) is 20.8 Å². The quantitative estimate of drug-likeness (QED) is 0.542. The normalized spacial score (nSPS) is 10.2. The van der Waals surface area contributed by atoms with Crippen molar-refractivity contribution in [1.82, 2.24) is 5.32 Å². The Labute approximate surface area is 160 Å². The molecule has 10 nitrogen and oxygen atoms in total. The van der Waals surface area contributed by atoms with Crippen LogP contribution in [0.1, 0.15) is 21.5 Å². The molecule has 28 heavy (non-hydrogen) atoms. The van der Waals surface area contributed by atoms with E-state index in [-0.39, 0.29) is 35.7 Å². The molecule has 148 valence electrons. The standard InChI is InChI=1S/C18H19N3O7/c1-11-4-5-13(8-14(11)20(23)24)18(22)19-7-6-12-9-16(27-2)17(28-3)10-15(12)21(25)26/h4-5,8-10H,6-7H2,1-3H3,(H,19,22). The number of nitro benzene ring substituents is 2. The zero-order chi connectivity index (χ0) is 20.8.